The molecule has 0 amide bonds. The summed E-state index contributed by atoms with van der Waals surface area (Å²) < 4.78 is 18.2. The number of esters is 1. The van der Waals surface area contributed by atoms with Crippen molar-refractivity contribution in [2.45, 2.75) is 44.3 Å². The number of nitrogens with zero attached hydrogens (tertiary/aromatic N) is 1. The average molecular weight is 379 g/mol. The summed E-state index contributed by atoms with van der Waals surface area (Å²) in [4.78, 5) is 17.0. The number of pyridine rings is 1. The third-order valence-corrected chi connectivity index (χ3v) is 7.87. The van der Waals surface area contributed by atoms with Gasteiger partial charge in [-0.05, 0) is 38.3 Å². The fourth-order valence-corrected chi connectivity index (χ4v) is 6.50. The van der Waals surface area contributed by atoms with Crippen LogP contribution in [-0.2, 0) is 14.1 Å². The summed E-state index contributed by atoms with van der Waals surface area (Å²) in [6.45, 7) is 7.93. The van der Waals surface area contributed by atoms with Crippen LogP contribution in [0.1, 0.15) is 34.1 Å². The van der Waals surface area contributed by atoms with Crippen molar-refractivity contribution in [1.82, 2.24) is 4.98 Å². The lowest BCUT2D eigenvalue weighted by Crippen LogP contribution is -2.35. The first kappa shape index (κ1) is 20.0. The minimum atomic E-state index is -2.19. The van der Waals surface area contributed by atoms with E-state index in [2.05, 4.69) is 4.98 Å². The summed E-state index contributed by atoms with van der Waals surface area (Å²) in [5.74, 6) is -0.0770. The van der Waals surface area contributed by atoms with Crippen molar-refractivity contribution in [2.75, 3.05) is 12.1 Å². The van der Waals surface area contributed by atoms with Crippen molar-refractivity contribution in [2.24, 2.45) is 5.92 Å². The van der Waals surface area contributed by atoms with Crippen LogP contribution in [0.2, 0.25) is 0 Å². The zero-order valence-electron chi connectivity index (χ0n) is 15.2. The van der Waals surface area contributed by atoms with Crippen molar-refractivity contribution in [3.63, 3.8) is 0 Å². The highest BCUT2D eigenvalue weighted by molar-refractivity contribution is 8.03. The Balaban J connectivity index is 2.12. The number of thioether (sulfide) groups is 1. The van der Waals surface area contributed by atoms with Crippen LogP contribution in [0.15, 0.2) is 41.4 Å². The van der Waals surface area contributed by atoms with Crippen LogP contribution in [0.3, 0.4) is 0 Å². The Kier molecular flexibility index (Phi) is 7.09. The molecule has 1 aromatic carbocycles. The number of ether oxygens (including phenoxy) is 1. The van der Waals surface area contributed by atoms with Crippen molar-refractivity contribution < 1.29 is 14.1 Å². The highest BCUT2D eigenvalue weighted by Crippen LogP contribution is 2.47. The third-order valence-electron chi connectivity index (χ3n) is 4.08. The first-order valence-corrected chi connectivity index (χ1v) is 11.2. The summed E-state index contributed by atoms with van der Waals surface area (Å²) in [6.07, 6.45) is 0.565. The van der Waals surface area contributed by atoms with Crippen LogP contribution in [0.4, 0.5) is 0 Å². The fraction of sp³-hybridized carbons (Fsp3) is 0.474. The minimum absolute atomic E-state index is 0.271. The summed E-state index contributed by atoms with van der Waals surface area (Å²) in [5.41, 5.74) is 1.31. The molecule has 2 unspecified atom stereocenters. The van der Waals surface area contributed by atoms with E-state index in [4.69, 9.17) is 4.74 Å². The van der Waals surface area contributed by atoms with Crippen LogP contribution in [-0.4, -0.2) is 28.2 Å². The topological polar surface area (TPSA) is 56.3 Å². The highest BCUT2D eigenvalue weighted by atomic mass is 32.2. The SMILES string of the molecule is CCOC(=O)C(C)(CC(C)C)[PH](=O)CSc1ccc2ccccc2n1. The summed E-state index contributed by atoms with van der Waals surface area (Å²) in [7, 11) is -2.19. The Bertz CT molecular complexity index is 765. The quantitative estimate of drug-likeness (QED) is 0.358. The molecule has 0 bridgehead atoms. The first-order chi connectivity index (χ1) is 11.9. The van der Waals surface area contributed by atoms with Gasteiger partial charge in [-0.2, -0.15) is 0 Å². The van der Waals surface area contributed by atoms with Crippen LogP contribution < -0.4 is 0 Å². The summed E-state index contributed by atoms with van der Waals surface area (Å²) in [5, 5.41) is 0.988. The van der Waals surface area contributed by atoms with Crippen LogP contribution in [0.25, 0.3) is 10.9 Å². The second-order valence-electron chi connectivity index (χ2n) is 6.70. The molecule has 25 heavy (non-hydrogen) atoms. The van der Waals surface area contributed by atoms with Crippen LogP contribution in [0.5, 0.6) is 0 Å². The lowest BCUT2D eigenvalue weighted by Gasteiger charge is -2.28. The molecule has 0 spiro atoms. The standard InChI is InChI=1S/C19H26NO3PS/c1-5-23-18(21)19(4,12-14(2)3)24(22)13-25-17-11-10-15-8-6-7-9-16(15)20-17/h6-11,14,24H,5,12-13H2,1-4H3. The van der Waals surface area contributed by atoms with Crippen molar-refractivity contribution in [1.29, 1.82) is 0 Å². The highest BCUT2D eigenvalue weighted by Gasteiger charge is 2.41. The monoisotopic (exact) mass is 379 g/mol. The zero-order chi connectivity index (χ0) is 18.4. The molecule has 1 heterocycles. The van der Waals surface area contributed by atoms with E-state index in [1.165, 1.54) is 11.8 Å². The van der Waals surface area contributed by atoms with Gasteiger partial charge in [0.05, 0.1) is 22.6 Å². The largest absolute Gasteiger partial charge is 0.465 e. The number of aromatic nitrogens is 1. The number of carbonyl (C=O) groups is 1. The van der Waals surface area contributed by atoms with E-state index in [1.807, 2.05) is 50.2 Å². The van der Waals surface area contributed by atoms with Gasteiger partial charge >= 0.3 is 5.97 Å². The first-order valence-electron chi connectivity index (χ1n) is 8.56. The number of carbonyl (C=O) groups excluding carboxylic acids is 1. The molecule has 2 rings (SSSR count). The van der Waals surface area contributed by atoms with Crippen molar-refractivity contribution in [3.05, 3.63) is 36.4 Å². The van der Waals surface area contributed by atoms with Gasteiger partial charge in [-0.3, -0.25) is 4.79 Å². The molecular formula is C19H26NO3PS. The fourth-order valence-electron chi connectivity index (χ4n) is 2.84. The van der Waals surface area contributed by atoms with Gasteiger partial charge in [-0.25, -0.2) is 4.98 Å². The Morgan fingerprint density at radius 2 is 2.00 bits per heavy atom. The van der Waals surface area contributed by atoms with Crippen LogP contribution >= 0.6 is 19.6 Å². The predicted octanol–water partition coefficient (Wildman–Crippen LogP) is 5.21. The van der Waals surface area contributed by atoms with E-state index in [1.54, 1.807) is 13.8 Å². The number of rotatable bonds is 8. The molecule has 0 N–H and O–H groups in total. The maximum absolute atomic E-state index is 13.0. The molecule has 1 aromatic heterocycles. The molecule has 136 valence electrons. The van der Waals surface area contributed by atoms with Gasteiger partial charge in [0.15, 0.2) is 0 Å². The lowest BCUT2D eigenvalue weighted by atomic mass is 9.98. The average Bonchev–Trinajstić information content (AvgIpc) is 2.58. The molecule has 2 atom stereocenters. The van der Waals surface area contributed by atoms with Gasteiger partial charge in [0.25, 0.3) is 0 Å². The lowest BCUT2D eigenvalue weighted by molar-refractivity contribution is -0.146. The maximum Gasteiger partial charge on any atom is 0.319 e. The Hall–Kier alpha value is -1.32. The molecule has 0 saturated carbocycles. The Morgan fingerprint density at radius 1 is 1.28 bits per heavy atom. The molecule has 0 aliphatic carbocycles. The zero-order valence-corrected chi connectivity index (χ0v) is 17.1. The molecular weight excluding hydrogens is 353 g/mol. The van der Waals surface area contributed by atoms with Crippen molar-refractivity contribution in [3.8, 4) is 0 Å². The summed E-state index contributed by atoms with van der Waals surface area (Å²) >= 11 is 1.45. The van der Waals surface area contributed by atoms with E-state index < -0.39 is 13.0 Å². The molecule has 6 heteroatoms. The van der Waals surface area contributed by atoms with E-state index in [0.29, 0.717) is 18.5 Å². The normalized spacial score (nSPS) is 15.1. The smallest absolute Gasteiger partial charge is 0.319 e. The Morgan fingerprint density at radius 3 is 2.68 bits per heavy atom. The van der Waals surface area contributed by atoms with Crippen molar-refractivity contribution >= 4 is 36.4 Å². The van der Waals surface area contributed by atoms with Crippen LogP contribution in [0, 0.1) is 5.92 Å². The van der Waals surface area contributed by atoms with E-state index >= 15 is 0 Å². The number of fused-ring (bicyclic) bond motifs is 1. The third kappa shape index (κ3) is 5.08. The molecule has 0 aliphatic rings. The van der Waals surface area contributed by atoms with Gasteiger partial charge in [0.1, 0.15) is 13.0 Å². The Labute approximate surface area is 154 Å². The molecule has 0 fully saturated rings. The predicted molar refractivity (Wildman–Crippen MR) is 106 cm³/mol. The van der Waals surface area contributed by atoms with Gasteiger partial charge < -0.3 is 9.30 Å². The van der Waals surface area contributed by atoms with Gasteiger partial charge in [0.2, 0.25) is 0 Å². The summed E-state index contributed by atoms with van der Waals surface area (Å²) in [6, 6.07) is 11.9. The van der Waals surface area contributed by atoms with E-state index in [0.717, 1.165) is 15.9 Å². The molecule has 0 radical (unpaired) electrons. The molecule has 0 aliphatic heterocycles. The number of para-hydroxylation sites is 1. The maximum atomic E-state index is 13.0. The van der Waals surface area contributed by atoms with Gasteiger partial charge in [-0.1, -0.05) is 49.9 Å². The molecule has 0 saturated heterocycles. The molecule has 2 aromatic rings. The van der Waals surface area contributed by atoms with E-state index in [9.17, 15) is 9.36 Å². The van der Waals surface area contributed by atoms with Gasteiger partial charge in [0, 0.05) is 5.39 Å². The van der Waals surface area contributed by atoms with Gasteiger partial charge in [-0.15, -0.1) is 0 Å². The van der Waals surface area contributed by atoms with E-state index in [-0.39, 0.29) is 11.9 Å². The molecule has 4 nitrogen and oxygen atoms in total. The number of hydrogen-bond donors (Lipinski definition) is 0. The number of hydrogen-bond acceptors (Lipinski definition) is 5. The number of benzene rings is 1. The second kappa shape index (κ2) is 8.86. The second-order valence-corrected chi connectivity index (χ2v) is 10.5. The minimum Gasteiger partial charge on any atom is -0.465 e.